The molecule has 248 valence electrons. The molecule has 1 aromatic heterocycles. The topological polar surface area (TPSA) is 58.9 Å². The molecule has 9 rings (SSSR count). The van der Waals surface area contributed by atoms with E-state index in [2.05, 4.69) is 137 Å². The Morgan fingerprint density at radius 3 is 2.02 bits per heavy atom. The highest BCUT2D eigenvalue weighted by atomic mass is 15.2. The zero-order valence-electron chi connectivity index (χ0n) is 28.5. The van der Waals surface area contributed by atoms with Crippen LogP contribution < -0.4 is 10.6 Å². The molecule has 7 aromatic carbocycles. The molecule has 0 fully saturated rings. The van der Waals surface area contributed by atoms with Crippen molar-refractivity contribution in [2.75, 3.05) is 4.90 Å². The summed E-state index contributed by atoms with van der Waals surface area (Å²) in [7, 11) is 0. The zero-order chi connectivity index (χ0) is 34.9. The van der Waals surface area contributed by atoms with E-state index < -0.39 is 0 Å². The second kappa shape index (κ2) is 13.4. The molecule has 0 amide bonds. The largest absolute Gasteiger partial charge is 0.383 e. The van der Waals surface area contributed by atoms with Gasteiger partial charge in [0.25, 0.3) is 0 Å². The minimum absolute atomic E-state index is 0.433. The minimum atomic E-state index is 0.433. The molecule has 0 spiro atoms. The summed E-state index contributed by atoms with van der Waals surface area (Å²) in [5.41, 5.74) is 18.5. The fraction of sp³-hybridized carbons (Fsp3) is 0.0213. The zero-order valence-corrected chi connectivity index (χ0v) is 28.5. The molecule has 0 unspecified atom stereocenters. The van der Waals surface area contributed by atoms with Gasteiger partial charge in [0, 0.05) is 38.8 Å². The van der Waals surface area contributed by atoms with Crippen LogP contribution in [0.2, 0.25) is 0 Å². The van der Waals surface area contributed by atoms with E-state index >= 15 is 0 Å². The summed E-state index contributed by atoms with van der Waals surface area (Å²) in [6.07, 6.45) is 4.53. The lowest BCUT2D eigenvalue weighted by Gasteiger charge is -2.27. The van der Waals surface area contributed by atoms with Gasteiger partial charge in [-0.15, -0.1) is 0 Å². The van der Waals surface area contributed by atoms with Crippen LogP contribution in [0.1, 0.15) is 27.8 Å². The standard InChI is InChI=1S/C47H35N5/c48-46(35-17-4-1-5-18-35)50-47(36-19-6-2-7-20-36)49-32-33-15-14-23-38(31-33)52-43-26-13-11-24-39(43)40-29-30-44-41(45(40)52)28-27-34-16-10-12-25-42(34)51(44)37-21-8-3-9-22-37/h1-31H,32H2,(H2,48,49,50). The normalized spacial score (nSPS) is 12.9. The van der Waals surface area contributed by atoms with Crippen LogP contribution in [-0.4, -0.2) is 16.2 Å². The van der Waals surface area contributed by atoms with Crippen molar-refractivity contribution in [2.45, 2.75) is 6.54 Å². The maximum absolute atomic E-state index is 6.49. The predicted octanol–water partition coefficient (Wildman–Crippen LogP) is 11.1. The summed E-state index contributed by atoms with van der Waals surface area (Å²) >= 11 is 0. The maximum atomic E-state index is 6.49. The summed E-state index contributed by atoms with van der Waals surface area (Å²) in [6.45, 7) is 0.440. The third-order valence-corrected chi connectivity index (χ3v) is 9.62. The number of aromatic nitrogens is 1. The predicted molar refractivity (Wildman–Crippen MR) is 218 cm³/mol. The molecule has 0 saturated carbocycles. The van der Waals surface area contributed by atoms with Gasteiger partial charge in [0.1, 0.15) is 5.84 Å². The smallest absolute Gasteiger partial charge is 0.157 e. The number of fused-ring (bicyclic) bond motifs is 6. The van der Waals surface area contributed by atoms with Gasteiger partial charge in [-0.3, -0.25) is 4.99 Å². The van der Waals surface area contributed by atoms with Crippen LogP contribution >= 0.6 is 0 Å². The van der Waals surface area contributed by atoms with Crippen LogP contribution in [0.3, 0.4) is 0 Å². The van der Waals surface area contributed by atoms with Crippen molar-refractivity contribution in [3.05, 3.63) is 204 Å². The van der Waals surface area contributed by atoms with E-state index in [0.717, 1.165) is 56.0 Å². The fourth-order valence-corrected chi connectivity index (χ4v) is 7.22. The Balaban J connectivity index is 1.20. The lowest BCUT2D eigenvalue weighted by atomic mass is 10.0. The molecule has 1 aliphatic rings. The summed E-state index contributed by atoms with van der Waals surface area (Å²) in [6, 6.07) is 61.0. The van der Waals surface area contributed by atoms with Crippen LogP contribution in [0.4, 0.5) is 17.1 Å². The van der Waals surface area contributed by atoms with Gasteiger partial charge in [-0.25, -0.2) is 4.99 Å². The van der Waals surface area contributed by atoms with Crippen molar-refractivity contribution in [2.24, 2.45) is 15.7 Å². The van der Waals surface area contributed by atoms with Gasteiger partial charge in [0.15, 0.2) is 5.84 Å². The van der Waals surface area contributed by atoms with Gasteiger partial charge in [-0.1, -0.05) is 146 Å². The van der Waals surface area contributed by atoms with E-state index in [1.165, 1.54) is 16.3 Å². The molecule has 0 bridgehead atoms. The lowest BCUT2D eigenvalue weighted by molar-refractivity contribution is 1.05. The van der Waals surface area contributed by atoms with E-state index in [1.807, 2.05) is 60.7 Å². The number of para-hydroxylation sites is 3. The number of hydrogen-bond acceptors (Lipinski definition) is 2. The Bertz CT molecular complexity index is 2650. The molecule has 0 radical (unpaired) electrons. The average Bonchev–Trinajstić information content (AvgIpc) is 3.45. The third-order valence-electron chi connectivity index (χ3n) is 9.62. The van der Waals surface area contributed by atoms with E-state index in [1.54, 1.807) is 0 Å². The molecule has 1 aliphatic heterocycles. The summed E-state index contributed by atoms with van der Waals surface area (Å²) in [5, 5.41) is 2.42. The van der Waals surface area contributed by atoms with Gasteiger partial charge >= 0.3 is 0 Å². The van der Waals surface area contributed by atoms with Crippen molar-refractivity contribution in [3.8, 4) is 5.69 Å². The first-order chi connectivity index (χ1) is 25.7. The quantitative estimate of drug-likeness (QED) is 0.141. The number of nitrogens with zero attached hydrogens (tertiary/aromatic N) is 4. The van der Waals surface area contributed by atoms with Gasteiger partial charge in [0.2, 0.25) is 0 Å². The Hall–Kier alpha value is -6.98. The van der Waals surface area contributed by atoms with Gasteiger partial charge < -0.3 is 15.2 Å². The van der Waals surface area contributed by atoms with Crippen LogP contribution in [0.15, 0.2) is 186 Å². The highest BCUT2D eigenvalue weighted by molar-refractivity contribution is 6.15. The number of anilines is 3. The fourth-order valence-electron chi connectivity index (χ4n) is 7.22. The Labute approximate surface area is 303 Å². The van der Waals surface area contributed by atoms with E-state index in [-0.39, 0.29) is 0 Å². The SMILES string of the molecule is NC(=NC(=NCc1cccc(-n2c3ccccc3c3ccc4c(c32)C=Cc2ccccc2N4c2ccccc2)c1)c1ccccc1)c1ccccc1. The molecule has 5 nitrogen and oxygen atoms in total. The molecule has 0 atom stereocenters. The summed E-state index contributed by atoms with van der Waals surface area (Å²) < 4.78 is 2.41. The molecule has 0 aliphatic carbocycles. The maximum Gasteiger partial charge on any atom is 0.157 e. The van der Waals surface area contributed by atoms with Crippen LogP contribution in [0.25, 0.3) is 39.6 Å². The number of amidine groups is 2. The Morgan fingerprint density at radius 1 is 0.538 bits per heavy atom. The molecular formula is C47H35N5. The van der Waals surface area contributed by atoms with Gasteiger partial charge in [-0.05, 0) is 53.6 Å². The number of hydrogen-bond donors (Lipinski definition) is 1. The van der Waals surface area contributed by atoms with Gasteiger partial charge in [-0.2, -0.15) is 0 Å². The van der Waals surface area contributed by atoms with Crippen molar-refractivity contribution in [1.29, 1.82) is 0 Å². The third kappa shape index (κ3) is 5.64. The van der Waals surface area contributed by atoms with Crippen molar-refractivity contribution < 1.29 is 0 Å². The Kier molecular flexibility index (Phi) is 7.99. The summed E-state index contributed by atoms with van der Waals surface area (Å²) in [5.74, 6) is 1.03. The summed E-state index contributed by atoms with van der Waals surface area (Å²) in [4.78, 5) is 12.2. The first-order valence-electron chi connectivity index (χ1n) is 17.5. The first kappa shape index (κ1) is 31.0. The lowest BCUT2D eigenvalue weighted by Crippen LogP contribution is -2.16. The highest BCUT2D eigenvalue weighted by Gasteiger charge is 2.24. The molecule has 2 N–H and O–H groups in total. The second-order valence-corrected chi connectivity index (χ2v) is 12.8. The molecule has 8 aromatic rings. The van der Waals surface area contributed by atoms with Crippen LogP contribution in [0, 0.1) is 0 Å². The number of aliphatic imine (C=N–C) groups is 2. The molecule has 5 heteroatoms. The highest BCUT2D eigenvalue weighted by Crippen LogP contribution is 2.46. The molecular weight excluding hydrogens is 635 g/mol. The van der Waals surface area contributed by atoms with Crippen molar-refractivity contribution in [3.63, 3.8) is 0 Å². The molecule has 0 saturated heterocycles. The molecule has 52 heavy (non-hydrogen) atoms. The monoisotopic (exact) mass is 669 g/mol. The molecule has 2 heterocycles. The second-order valence-electron chi connectivity index (χ2n) is 12.8. The van der Waals surface area contributed by atoms with E-state index in [0.29, 0.717) is 18.2 Å². The average molecular weight is 670 g/mol. The first-order valence-corrected chi connectivity index (χ1v) is 17.5. The van der Waals surface area contributed by atoms with E-state index in [9.17, 15) is 0 Å². The van der Waals surface area contributed by atoms with Crippen LogP contribution in [0.5, 0.6) is 0 Å². The number of rotatable bonds is 6. The Morgan fingerprint density at radius 2 is 1.21 bits per heavy atom. The van der Waals surface area contributed by atoms with E-state index in [4.69, 9.17) is 15.7 Å². The van der Waals surface area contributed by atoms with Gasteiger partial charge in [0.05, 0.1) is 29.0 Å². The van der Waals surface area contributed by atoms with Crippen molar-refractivity contribution >= 4 is 62.7 Å². The van der Waals surface area contributed by atoms with Crippen molar-refractivity contribution in [1.82, 2.24) is 4.57 Å². The number of benzene rings is 7. The number of nitrogens with two attached hydrogens (primary N) is 1. The minimum Gasteiger partial charge on any atom is -0.383 e. The van der Waals surface area contributed by atoms with Crippen LogP contribution in [-0.2, 0) is 6.54 Å².